The zero-order valence-corrected chi connectivity index (χ0v) is 18.8. The Balaban J connectivity index is 1.74. The Morgan fingerprint density at radius 2 is 2.00 bits per heavy atom. The first kappa shape index (κ1) is 24.9. The molecule has 2 amide bonds. The first-order valence-corrected chi connectivity index (χ1v) is 10.5. The molecule has 3 rings (SSSR count). The van der Waals surface area contributed by atoms with E-state index in [9.17, 15) is 22.8 Å². The quantitative estimate of drug-likeness (QED) is 0.302. The van der Waals surface area contributed by atoms with E-state index in [1.165, 1.54) is 6.20 Å². The number of aliphatic hydroxyl groups excluding tert-OH is 2. The molecule has 4 N–H and O–H groups in total. The third kappa shape index (κ3) is 5.61. The van der Waals surface area contributed by atoms with Crippen LogP contribution in [0.25, 0.3) is 0 Å². The standard InChI is InChI=1S/C20H20BrF3N4O5/c1-9-2-11(21)4-25-18(9)26-17-13(3-14(22)15(23)16(17)24)20(32)28-5-10(6-28)19(31)27-33-8-12(30)7-29/h2-4,10,12,29-30H,5-8H2,1H3,(H,25,26)(H,27,31)/t12-/m0/s1. The fraction of sp³-hybridized carbons (Fsp3) is 0.350. The summed E-state index contributed by atoms with van der Waals surface area (Å²) >= 11 is 3.23. The second-order valence-corrected chi connectivity index (χ2v) is 8.29. The van der Waals surface area contributed by atoms with E-state index < -0.39 is 59.1 Å². The Morgan fingerprint density at radius 1 is 1.30 bits per heavy atom. The van der Waals surface area contributed by atoms with Gasteiger partial charge in [0.2, 0.25) is 5.91 Å². The molecule has 0 saturated carbocycles. The van der Waals surface area contributed by atoms with Gasteiger partial charge in [-0.15, -0.1) is 0 Å². The van der Waals surface area contributed by atoms with Crippen LogP contribution in [0.3, 0.4) is 0 Å². The Hall–Kier alpha value is -2.74. The molecular formula is C20H20BrF3N4O5. The van der Waals surface area contributed by atoms with Crippen molar-refractivity contribution >= 4 is 39.2 Å². The van der Waals surface area contributed by atoms with Crippen LogP contribution in [0.2, 0.25) is 0 Å². The second-order valence-electron chi connectivity index (χ2n) is 7.37. The van der Waals surface area contributed by atoms with E-state index in [-0.39, 0.29) is 25.5 Å². The van der Waals surface area contributed by atoms with Crippen LogP contribution < -0.4 is 10.8 Å². The molecule has 1 aromatic carbocycles. The molecule has 178 valence electrons. The van der Waals surface area contributed by atoms with Crippen LogP contribution >= 0.6 is 15.9 Å². The molecule has 1 saturated heterocycles. The number of nitrogens with zero attached hydrogens (tertiary/aromatic N) is 2. The van der Waals surface area contributed by atoms with Gasteiger partial charge in [-0.25, -0.2) is 23.6 Å². The lowest BCUT2D eigenvalue weighted by molar-refractivity contribution is -0.145. The van der Waals surface area contributed by atoms with Crippen molar-refractivity contribution in [1.29, 1.82) is 0 Å². The minimum absolute atomic E-state index is 0.0772. The van der Waals surface area contributed by atoms with Gasteiger partial charge in [0.25, 0.3) is 5.91 Å². The van der Waals surface area contributed by atoms with E-state index in [2.05, 4.69) is 31.7 Å². The van der Waals surface area contributed by atoms with Gasteiger partial charge in [0.05, 0.1) is 23.8 Å². The number of halogens is 4. The van der Waals surface area contributed by atoms with Crippen molar-refractivity contribution in [1.82, 2.24) is 15.4 Å². The Labute approximate surface area is 194 Å². The monoisotopic (exact) mass is 532 g/mol. The zero-order valence-electron chi connectivity index (χ0n) is 17.2. The van der Waals surface area contributed by atoms with Crippen LogP contribution in [0.4, 0.5) is 24.7 Å². The average molecular weight is 533 g/mol. The van der Waals surface area contributed by atoms with Crippen LogP contribution in [0, 0.1) is 30.3 Å². The first-order valence-electron chi connectivity index (χ1n) is 9.68. The van der Waals surface area contributed by atoms with E-state index in [1.54, 1.807) is 13.0 Å². The molecule has 2 aromatic rings. The van der Waals surface area contributed by atoms with Crippen LogP contribution in [0.1, 0.15) is 15.9 Å². The molecule has 2 heterocycles. The summed E-state index contributed by atoms with van der Waals surface area (Å²) in [6.45, 7) is 0.625. The molecule has 0 unspecified atom stereocenters. The number of likely N-dealkylation sites (tertiary alicyclic amines) is 1. The third-order valence-corrected chi connectivity index (χ3v) is 5.31. The van der Waals surface area contributed by atoms with E-state index in [0.717, 1.165) is 4.90 Å². The number of carbonyl (C=O) groups excluding carboxylic acids is 2. The van der Waals surface area contributed by atoms with Gasteiger partial charge in [0.1, 0.15) is 18.5 Å². The number of aliphatic hydroxyl groups is 2. The summed E-state index contributed by atoms with van der Waals surface area (Å²) in [4.78, 5) is 34.9. The Bertz CT molecular complexity index is 1070. The largest absolute Gasteiger partial charge is 0.394 e. The van der Waals surface area contributed by atoms with Crippen molar-refractivity contribution in [3.63, 3.8) is 0 Å². The number of amides is 2. The molecule has 1 fully saturated rings. The number of nitrogens with one attached hydrogen (secondary N) is 2. The summed E-state index contributed by atoms with van der Waals surface area (Å²) in [6, 6.07) is 2.25. The number of anilines is 2. The van der Waals surface area contributed by atoms with Gasteiger partial charge in [-0.2, -0.15) is 0 Å². The molecule has 0 aliphatic carbocycles. The number of carbonyl (C=O) groups is 2. The predicted octanol–water partition coefficient (Wildman–Crippen LogP) is 1.79. The van der Waals surface area contributed by atoms with Crippen molar-refractivity contribution in [2.75, 3.05) is 31.6 Å². The van der Waals surface area contributed by atoms with Crippen molar-refractivity contribution in [3.8, 4) is 0 Å². The maximum atomic E-state index is 14.6. The molecule has 1 atom stereocenters. The van der Waals surface area contributed by atoms with E-state index in [0.29, 0.717) is 16.1 Å². The van der Waals surface area contributed by atoms with Crippen molar-refractivity contribution in [2.24, 2.45) is 5.92 Å². The number of pyridine rings is 1. The highest BCUT2D eigenvalue weighted by Gasteiger charge is 2.38. The molecule has 1 aliphatic heterocycles. The fourth-order valence-electron chi connectivity index (χ4n) is 3.00. The summed E-state index contributed by atoms with van der Waals surface area (Å²) in [6.07, 6.45) is 0.248. The van der Waals surface area contributed by atoms with Crippen LogP contribution in [0.15, 0.2) is 22.8 Å². The van der Waals surface area contributed by atoms with Gasteiger partial charge in [0, 0.05) is 23.8 Å². The van der Waals surface area contributed by atoms with Gasteiger partial charge >= 0.3 is 0 Å². The van der Waals surface area contributed by atoms with Gasteiger partial charge in [-0.05, 0) is 40.5 Å². The van der Waals surface area contributed by atoms with Crippen LogP contribution in [-0.2, 0) is 9.63 Å². The van der Waals surface area contributed by atoms with Crippen LogP contribution in [0.5, 0.6) is 0 Å². The molecule has 0 spiro atoms. The summed E-state index contributed by atoms with van der Waals surface area (Å²) in [7, 11) is 0. The molecule has 13 heteroatoms. The molecule has 33 heavy (non-hydrogen) atoms. The van der Waals surface area contributed by atoms with Gasteiger partial charge in [-0.1, -0.05) is 0 Å². The zero-order chi connectivity index (χ0) is 24.3. The minimum atomic E-state index is -1.74. The molecule has 0 radical (unpaired) electrons. The van der Waals surface area contributed by atoms with Gasteiger partial charge in [-0.3, -0.25) is 14.4 Å². The molecular weight excluding hydrogens is 513 g/mol. The lowest BCUT2D eigenvalue weighted by Gasteiger charge is -2.38. The lowest BCUT2D eigenvalue weighted by Crippen LogP contribution is -2.56. The average Bonchev–Trinajstić information content (AvgIpc) is 2.74. The third-order valence-electron chi connectivity index (χ3n) is 4.88. The minimum Gasteiger partial charge on any atom is -0.394 e. The number of hydroxylamine groups is 1. The van der Waals surface area contributed by atoms with E-state index in [1.807, 2.05) is 0 Å². The number of hydrogen-bond donors (Lipinski definition) is 4. The van der Waals surface area contributed by atoms with Crippen molar-refractivity contribution in [2.45, 2.75) is 13.0 Å². The number of rotatable bonds is 8. The maximum absolute atomic E-state index is 14.6. The smallest absolute Gasteiger partial charge is 0.256 e. The Kier molecular flexibility index (Phi) is 7.89. The molecule has 1 aromatic heterocycles. The lowest BCUT2D eigenvalue weighted by atomic mass is 9.97. The second kappa shape index (κ2) is 10.5. The number of benzene rings is 1. The molecule has 9 nitrogen and oxygen atoms in total. The summed E-state index contributed by atoms with van der Waals surface area (Å²) in [5.41, 5.74) is 1.60. The normalized spacial score (nSPS) is 14.6. The summed E-state index contributed by atoms with van der Waals surface area (Å²) in [5, 5.41) is 20.4. The van der Waals surface area contributed by atoms with Crippen LogP contribution in [-0.4, -0.2) is 64.3 Å². The summed E-state index contributed by atoms with van der Waals surface area (Å²) in [5.74, 6) is -6.77. The molecule has 0 bridgehead atoms. The Morgan fingerprint density at radius 3 is 2.64 bits per heavy atom. The number of aryl methyl sites for hydroxylation is 1. The van der Waals surface area contributed by atoms with Crippen molar-refractivity contribution < 1.29 is 37.8 Å². The topological polar surface area (TPSA) is 124 Å². The maximum Gasteiger partial charge on any atom is 0.256 e. The van der Waals surface area contributed by atoms with E-state index >= 15 is 0 Å². The van der Waals surface area contributed by atoms with E-state index in [4.69, 9.17) is 15.1 Å². The number of hydrogen-bond acceptors (Lipinski definition) is 7. The fourth-order valence-corrected chi connectivity index (χ4v) is 3.45. The highest BCUT2D eigenvalue weighted by atomic mass is 79.9. The van der Waals surface area contributed by atoms with Crippen molar-refractivity contribution in [3.05, 3.63) is 51.4 Å². The number of aromatic nitrogens is 1. The highest BCUT2D eigenvalue weighted by molar-refractivity contribution is 9.10. The summed E-state index contributed by atoms with van der Waals surface area (Å²) < 4.78 is 43.1. The molecule has 1 aliphatic rings. The first-order chi connectivity index (χ1) is 15.6. The predicted molar refractivity (Wildman–Crippen MR) is 113 cm³/mol. The van der Waals surface area contributed by atoms with Gasteiger partial charge in [0.15, 0.2) is 17.5 Å². The SMILES string of the molecule is Cc1cc(Br)cnc1Nc1c(C(=O)N2CC(C(=O)NOC[C@@H](O)CO)C2)cc(F)c(F)c1F. The highest BCUT2D eigenvalue weighted by Crippen LogP contribution is 2.31. The van der Waals surface area contributed by atoms with Gasteiger partial charge < -0.3 is 20.4 Å².